The van der Waals surface area contributed by atoms with Gasteiger partial charge in [0.05, 0.1) is 19.6 Å². The molecule has 3 heterocycles. The van der Waals surface area contributed by atoms with E-state index in [4.69, 9.17) is 4.42 Å². The zero-order valence-corrected chi connectivity index (χ0v) is 37.0. The lowest BCUT2D eigenvalue weighted by molar-refractivity contribution is -0.131. The number of ketones is 1. The zero-order valence-electron chi connectivity index (χ0n) is 37.0. The van der Waals surface area contributed by atoms with Crippen LogP contribution in [-0.4, -0.2) is 132 Å². The first-order valence-electron chi connectivity index (χ1n) is 21.7. The van der Waals surface area contributed by atoms with E-state index in [2.05, 4.69) is 33.8 Å². The summed E-state index contributed by atoms with van der Waals surface area (Å²) in [6.07, 6.45) is -6.03. The molecular weight excluding hydrogens is 885 g/mol. The number of carbonyl (C=O) groups is 4. The van der Waals surface area contributed by atoms with Gasteiger partial charge in [0.1, 0.15) is 11.6 Å². The van der Waals surface area contributed by atoms with E-state index in [9.17, 15) is 45.5 Å². The fourth-order valence-electron chi connectivity index (χ4n) is 7.38. The molecule has 5 amide bonds. The van der Waals surface area contributed by atoms with Gasteiger partial charge in [0.25, 0.3) is 11.8 Å². The highest BCUT2D eigenvalue weighted by Gasteiger charge is 2.28. The molecule has 20 heteroatoms. The Labute approximate surface area is 383 Å². The lowest BCUT2D eigenvalue weighted by atomic mass is 10.1. The quantitative estimate of drug-likeness (QED) is 0.0876. The number of rotatable bonds is 14. The van der Waals surface area contributed by atoms with Crippen molar-refractivity contribution in [1.82, 2.24) is 35.1 Å². The first kappa shape index (κ1) is 49.6. The van der Waals surface area contributed by atoms with Gasteiger partial charge >= 0.3 is 24.9 Å². The van der Waals surface area contributed by atoms with E-state index < -0.39 is 48.6 Å². The lowest BCUT2D eigenvalue weighted by Crippen LogP contribution is -2.52. The number of likely N-dealkylation sites (N-methyl/N-ethyl adjacent to an activating group) is 2. The van der Waals surface area contributed by atoms with Crippen molar-refractivity contribution in [2.75, 3.05) is 81.8 Å². The summed E-state index contributed by atoms with van der Waals surface area (Å²) in [7, 11) is 0. The van der Waals surface area contributed by atoms with E-state index in [1.807, 2.05) is 5.32 Å². The molecule has 7 rings (SSSR count). The van der Waals surface area contributed by atoms with Crippen molar-refractivity contribution in [3.8, 4) is 11.5 Å². The Balaban J connectivity index is 0.000000221. The van der Waals surface area contributed by atoms with Gasteiger partial charge in [0, 0.05) is 74.9 Å². The average Bonchev–Trinajstić information content (AvgIpc) is 3.85. The van der Waals surface area contributed by atoms with Gasteiger partial charge in [-0.2, -0.15) is 17.6 Å². The summed E-state index contributed by atoms with van der Waals surface area (Å²) in [6, 6.07) is 24.4. The number of nitrogens with one attached hydrogen (secondary N) is 1. The number of carbonyl (C=O) groups excluding carboxylic acids is 4. The van der Waals surface area contributed by atoms with E-state index in [1.165, 1.54) is 47.4 Å². The Hall–Kier alpha value is -6.80. The van der Waals surface area contributed by atoms with E-state index in [-0.39, 0.29) is 36.6 Å². The number of piperazine rings is 2. The van der Waals surface area contributed by atoms with Crippen molar-refractivity contribution in [2.24, 2.45) is 0 Å². The Morgan fingerprint density at radius 3 is 1.51 bits per heavy atom. The number of hydrogen-bond donors (Lipinski definition) is 1. The fourth-order valence-corrected chi connectivity index (χ4v) is 7.38. The average molecular weight is 936 g/mol. The highest BCUT2D eigenvalue weighted by Crippen LogP contribution is 2.26. The number of hydrogen-bond acceptors (Lipinski definition) is 9. The van der Waals surface area contributed by atoms with Gasteiger partial charge in [0.2, 0.25) is 5.89 Å². The van der Waals surface area contributed by atoms with Crippen LogP contribution in [0.2, 0.25) is 0 Å². The highest BCUT2D eigenvalue weighted by atomic mass is 19.3. The number of amides is 5. The smallest absolute Gasteiger partial charge is 0.324 e. The number of Topliss-reactive ketones (excluding diaryl/α,β-unsaturated/α-hetero) is 1. The second-order valence-corrected chi connectivity index (χ2v) is 15.6. The second kappa shape index (κ2) is 23.6. The summed E-state index contributed by atoms with van der Waals surface area (Å²) in [5, 5.41) is 8.85. The van der Waals surface area contributed by atoms with Gasteiger partial charge in [0.15, 0.2) is 5.78 Å². The molecule has 67 heavy (non-hydrogen) atoms. The second-order valence-electron chi connectivity index (χ2n) is 15.6. The number of urea groups is 2. The van der Waals surface area contributed by atoms with Gasteiger partial charge in [-0.15, -0.1) is 10.2 Å². The molecule has 0 saturated carbocycles. The third-order valence-corrected chi connectivity index (χ3v) is 11.3. The van der Waals surface area contributed by atoms with Crippen molar-refractivity contribution in [1.29, 1.82) is 0 Å². The number of benzene rings is 4. The van der Waals surface area contributed by atoms with E-state index in [0.717, 1.165) is 44.8 Å². The number of aromatic nitrogens is 2. The lowest BCUT2D eigenvalue weighted by Gasteiger charge is -2.37. The summed E-state index contributed by atoms with van der Waals surface area (Å²) in [5.74, 6) is -3.66. The summed E-state index contributed by atoms with van der Waals surface area (Å²) >= 11 is 0. The molecule has 0 unspecified atom stereocenters. The van der Waals surface area contributed by atoms with Crippen LogP contribution in [0.25, 0.3) is 11.5 Å². The van der Waals surface area contributed by atoms with E-state index >= 15 is 0 Å². The standard InChI is InChI=1S/C24H27F3N4O3.C23H24F3N5O2/c1-2-29-10-12-30(13-11-29)24(34)31(20-5-3-4-19(25)14-20)16-17-6-8-18(9-7-17)21(32)15-28-23(33)22(26)27;1-2-29-10-12-30(13-11-29)23(32)31(19-5-3-4-18(24)14-19)15-16-6-8-17(9-7-16)21-27-28-22(33-21)20(25)26/h3-9,14,22H,2,10-13,15-16H2,1H3,(H,28,33);3-9,14,20H,2,10-13,15H2,1H3. The first-order valence-corrected chi connectivity index (χ1v) is 21.7. The Kier molecular flexibility index (Phi) is 17.5. The van der Waals surface area contributed by atoms with Crippen LogP contribution in [-0.2, 0) is 17.9 Å². The molecule has 1 N–H and O–H groups in total. The Morgan fingerprint density at radius 2 is 1.10 bits per heavy atom. The maximum Gasteiger partial charge on any atom is 0.324 e. The fraction of sp³-hybridized carbons (Fsp3) is 0.362. The molecule has 2 fully saturated rings. The minimum Gasteiger partial charge on any atom is -0.415 e. The number of anilines is 2. The number of alkyl halides is 4. The SMILES string of the molecule is CCN1CCN(C(=O)N(Cc2ccc(-c3nnc(C(F)F)o3)cc2)c2cccc(F)c2)CC1.CCN1CCN(C(=O)N(Cc2ccc(C(=O)CNC(=O)C(F)F)cc2)c2cccc(F)c2)CC1. The molecule has 0 spiro atoms. The number of nitrogens with zero attached hydrogens (tertiary/aromatic N) is 8. The maximum atomic E-state index is 13.9. The molecule has 5 aromatic rings. The number of halogens is 6. The van der Waals surface area contributed by atoms with Crippen LogP contribution in [0.1, 0.15) is 47.6 Å². The topological polar surface area (TPSA) is 139 Å². The Bertz CT molecular complexity index is 2430. The predicted molar refractivity (Wildman–Crippen MR) is 238 cm³/mol. The minimum absolute atomic E-state index is 0.0105. The van der Waals surface area contributed by atoms with Crippen LogP contribution in [0, 0.1) is 11.6 Å². The van der Waals surface area contributed by atoms with Crippen molar-refractivity contribution in [2.45, 2.75) is 39.8 Å². The minimum atomic E-state index is -3.19. The normalized spacial score (nSPS) is 14.4. The molecule has 4 aromatic carbocycles. The third kappa shape index (κ3) is 13.6. The molecule has 0 bridgehead atoms. The van der Waals surface area contributed by atoms with Crippen LogP contribution in [0.15, 0.2) is 101 Å². The van der Waals surface area contributed by atoms with Gasteiger partial charge in [-0.3, -0.25) is 19.4 Å². The molecule has 2 aliphatic heterocycles. The Morgan fingerprint density at radius 1 is 0.642 bits per heavy atom. The first-order chi connectivity index (χ1) is 32.2. The molecular formula is C47H51F6N9O5. The summed E-state index contributed by atoms with van der Waals surface area (Å²) in [6.45, 7) is 11.2. The largest absolute Gasteiger partial charge is 0.415 e. The van der Waals surface area contributed by atoms with Crippen molar-refractivity contribution < 1.29 is 49.9 Å². The van der Waals surface area contributed by atoms with Crippen LogP contribution in [0.3, 0.4) is 0 Å². The van der Waals surface area contributed by atoms with Gasteiger partial charge in [-0.05, 0) is 72.7 Å². The van der Waals surface area contributed by atoms with Crippen LogP contribution >= 0.6 is 0 Å². The zero-order chi connectivity index (χ0) is 48.0. The predicted octanol–water partition coefficient (Wildman–Crippen LogP) is 7.73. The molecule has 0 aliphatic carbocycles. The monoisotopic (exact) mass is 935 g/mol. The van der Waals surface area contributed by atoms with Crippen LogP contribution in [0.5, 0.6) is 0 Å². The summed E-state index contributed by atoms with van der Waals surface area (Å²) < 4.78 is 82.8. The third-order valence-electron chi connectivity index (χ3n) is 11.3. The molecule has 1 aromatic heterocycles. The summed E-state index contributed by atoms with van der Waals surface area (Å²) in [4.78, 5) is 60.9. The molecule has 0 atom stereocenters. The van der Waals surface area contributed by atoms with E-state index in [1.54, 1.807) is 69.3 Å². The summed E-state index contributed by atoms with van der Waals surface area (Å²) in [5.41, 5.74) is 3.06. The molecule has 356 valence electrons. The van der Waals surface area contributed by atoms with Gasteiger partial charge in [-0.25, -0.2) is 18.4 Å². The molecule has 2 aliphatic rings. The van der Waals surface area contributed by atoms with Crippen LogP contribution in [0.4, 0.5) is 47.3 Å². The van der Waals surface area contributed by atoms with Crippen molar-refractivity contribution in [3.63, 3.8) is 0 Å². The van der Waals surface area contributed by atoms with Gasteiger partial charge < -0.3 is 29.3 Å². The molecule has 0 radical (unpaired) electrons. The van der Waals surface area contributed by atoms with E-state index in [0.29, 0.717) is 48.7 Å². The van der Waals surface area contributed by atoms with Crippen LogP contribution < -0.4 is 15.1 Å². The molecule has 2 saturated heterocycles. The van der Waals surface area contributed by atoms with Crippen molar-refractivity contribution in [3.05, 3.63) is 131 Å². The molecule has 14 nitrogen and oxygen atoms in total. The highest BCUT2D eigenvalue weighted by molar-refractivity contribution is 5.99. The van der Waals surface area contributed by atoms with Gasteiger partial charge in [-0.1, -0.05) is 62.4 Å². The van der Waals surface area contributed by atoms with Crippen molar-refractivity contribution >= 4 is 35.1 Å². The maximum absolute atomic E-state index is 13.9.